The van der Waals surface area contributed by atoms with Crippen molar-refractivity contribution < 1.29 is 19.4 Å². The number of aromatic hydroxyl groups is 1. The number of phenolic OH excluding ortho intramolecular Hbond substituents is 1. The van der Waals surface area contributed by atoms with E-state index in [1.165, 1.54) is 25.5 Å². The number of ether oxygens (including phenoxy) is 2. The molecule has 0 saturated heterocycles. The first-order chi connectivity index (χ1) is 7.67. The summed E-state index contributed by atoms with van der Waals surface area (Å²) in [5.41, 5.74) is 0.643. The minimum Gasteiger partial charge on any atom is -0.504 e. The van der Waals surface area contributed by atoms with Crippen molar-refractivity contribution in [3.63, 3.8) is 0 Å². The highest BCUT2D eigenvalue weighted by Gasteiger charge is 2.01. The number of phenols is 1. The fourth-order valence-corrected chi connectivity index (χ4v) is 1.04. The number of hydrogen-bond donors (Lipinski definition) is 1. The van der Waals surface area contributed by atoms with Gasteiger partial charge in [-0.2, -0.15) is 0 Å². The van der Waals surface area contributed by atoms with E-state index in [0.29, 0.717) is 11.3 Å². The molecule has 0 aliphatic heterocycles. The molecule has 0 aromatic heterocycles. The smallest absolute Gasteiger partial charge is 0.346 e. The molecule has 1 aromatic rings. The van der Waals surface area contributed by atoms with Crippen LogP contribution in [0.15, 0.2) is 24.3 Å². The third-order valence-electron chi connectivity index (χ3n) is 1.76. The second-order valence-corrected chi connectivity index (χ2v) is 2.78. The Morgan fingerprint density at radius 3 is 2.94 bits per heavy atom. The maximum atomic E-state index is 10.8. The second-order valence-electron chi connectivity index (χ2n) is 2.78. The Morgan fingerprint density at radius 2 is 2.31 bits per heavy atom. The summed E-state index contributed by atoms with van der Waals surface area (Å²) in [6.07, 6.45) is 3.82. The number of benzene rings is 1. The van der Waals surface area contributed by atoms with E-state index >= 15 is 0 Å². The summed E-state index contributed by atoms with van der Waals surface area (Å²) in [6.45, 7) is 0. The predicted octanol–water partition coefficient (Wildman–Crippen LogP) is 1.44. The van der Waals surface area contributed by atoms with Crippen LogP contribution in [0.3, 0.4) is 0 Å². The zero-order chi connectivity index (χ0) is 12.0. The molecule has 0 unspecified atom stereocenters. The molecular weight excluding hydrogens is 210 g/mol. The second kappa shape index (κ2) is 5.41. The Bertz CT molecular complexity index is 460. The van der Waals surface area contributed by atoms with E-state index in [1.54, 1.807) is 12.1 Å². The van der Waals surface area contributed by atoms with E-state index < -0.39 is 5.97 Å². The van der Waals surface area contributed by atoms with Gasteiger partial charge in [-0.05, 0) is 23.8 Å². The summed E-state index contributed by atoms with van der Waals surface area (Å²) in [7, 11) is 1.42. The molecule has 0 radical (unpaired) electrons. The molecule has 5 heteroatoms. The van der Waals surface area contributed by atoms with Gasteiger partial charge in [-0.25, -0.2) is 4.79 Å². The van der Waals surface area contributed by atoms with Crippen LogP contribution in [0.1, 0.15) is 5.56 Å². The zero-order valence-electron chi connectivity index (χ0n) is 8.51. The standard InChI is InChI=1S/C11H9NO4/c1-15-10-6-8(2-4-9(10)13)3-5-11(14)16-7-12/h2-6,13H,1H3. The van der Waals surface area contributed by atoms with Crippen LogP contribution in [0.25, 0.3) is 6.08 Å². The largest absolute Gasteiger partial charge is 0.504 e. The van der Waals surface area contributed by atoms with Crippen molar-refractivity contribution in [2.75, 3.05) is 7.11 Å². The molecule has 0 fully saturated rings. The third kappa shape index (κ3) is 3.03. The van der Waals surface area contributed by atoms with Crippen LogP contribution >= 0.6 is 0 Å². The van der Waals surface area contributed by atoms with E-state index in [-0.39, 0.29) is 5.75 Å². The lowest BCUT2D eigenvalue weighted by Gasteiger charge is -2.03. The highest BCUT2D eigenvalue weighted by molar-refractivity contribution is 5.87. The van der Waals surface area contributed by atoms with E-state index in [9.17, 15) is 9.90 Å². The summed E-state index contributed by atoms with van der Waals surface area (Å²) < 4.78 is 8.93. The molecular formula is C11H9NO4. The van der Waals surface area contributed by atoms with Gasteiger partial charge in [0.2, 0.25) is 0 Å². The average Bonchev–Trinajstić information content (AvgIpc) is 2.28. The Balaban J connectivity index is 2.83. The van der Waals surface area contributed by atoms with Crippen LogP contribution in [-0.2, 0) is 9.53 Å². The molecule has 0 aliphatic rings. The van der Waals surface area contributed by atoms with E-state index in [2.05, 4.69) is 4.74 Å². The summed E-state index contributed by atoms with van der Waals surface area (Å²) in [5, 5.41) is 17.4. The number of nitrogens with zero attached hydrogens (tertiary/aromatic N) is 1. The van der Waals surface area contributed by atoms with Crippen molar-refractivity contribution in [1.82, 2.24) is 0 Å². The average molecular weight is 219 g/mol. The number of esters is 1. The summed E-state index contributed by atoms with van der Waals surface area (Å²) >= 11 is 0. The first-order valence-corrected chi connectivity index (χ1v) is 4.32. The molecule has 82 valence electrons. The van der Waals surface area contributed by atoms with Crippen molar-refractivity contribution >= 4 is 12.0 Å². The lowest BCUT2D eigenvalue weighted by atomic mass is 10.2. The van der Waals surface area contributed by atoms with E-state index in [0.717, 1.165) is 6.08 Å². The van der Waals surface area contributed by atoms with Gasteiger partial charge in [0.1, 0.15) is 0 Å². The molecule has 1 aromatic carbocycles. The highest BCUT2D eigenvalue weighted by atomic mass is 16.5. The molecule has 0 saturated carbocycles. The predicted molar refractivity (Wildman–Crippen MR) is 55.4 cm³/mol. The normalized spacial score (nSPS) is 9.75. The van der Waals surface area contributed by atoms with Crippen molar-refractivity contribution in [1.29, 1.82) is 5.26 Å². The maximum absolute atomic E-state index is 10.8. The van der Waals surface area contributed by atoms with Crippen molar-refractivity contribution in [2.24, 2.45) is 0 Å². The molecule has 0 aliphatic carbocycles. The number of rotatable bonds is 3. The summed E-state index contributed by atoms with van der Waals surface area (Å²) in [6, 6.07) is 4.58. The zero-order valence-corrected chi connectivity index (χ0v) is 8.51. The molecule has 0 bridgehead atoms. The van der Waals surface area contributed by atoms with Crippen LogP contribution in [0.5, 0.6) is 11.5 Å². The van der Waals surface area contributed by atoms with Gasteiger partial charge < -0.3 is 14.6 Å². The monoisotopic (exact) mass is 219 g/mol. The van der Waals surface area contributed by atoms with Gasteiger partial charge in [-0.3, -0.25) is 0 Å². The van der Waals surface area contributed by atoms with Gasteiger partial charge >= 0.3 is 5.97 Å². The Labute approximate surface area is 92.1 Å². The van der Waals surface area contributed by atoms with E-state index in [4.69, 9.17) is 10.00 Å². The Hall–Kier alpha value is -2.48. The molecule has 1 N–H and O–H groups in total. The maximum Gasteiger partial charge on any atom is 0.346 e. The molecule has 0 heterocycles. The minimum absolute atomic E-state index is 0.0132. The third-order valence-corrected chi connectivity index (χ3v) is 1.76. The quantitative estimate of drug-likeness (QED) is 0.472. The van der Waals surface area contributed by atoms with Gasteiger partial charge in [-0.1, -0.05) is 6.07 Å². The molecule has 16 heavy (non-hydrogen) atoms. The fraction of sp³-hybridized carbons (Fsp3) is 0.0909. The van der Waals surface area contributed by atoms with E-state index in [1.807, 2.05) is 0 Å². The molecule has 0 atom stereocenters. The van der Waals surface area contributed by atoms with Crippen molar-refractivity contribution in [3.05, 3.63) is 29.8 Å². The van der Waals surface area contributed by atoms with Gasteiger partial charge in [0.25, 0.3) is 6.26 Å². The van der Waals surface area contributed by atoms with Crippen LogP contribution in [0, 0.1) is 11.5 Å². The van der Waals surface area contributed by atoms with Gasteiger partial charge in [0.15, 0.2) is 11.5 Å². The topological polar surface area (TPSA) is 79.5 Å². The Kier molecular flexibility index (Phi) is 3.92. The molecule has 1 rings (SSSR count). The number of carbonyl (C=O) groups is 1. The fourth-order valence-electron chi connectivity index (χ4n) is 1.04. The molecule has 5 nitrogen and oxygen atoms in total. The number of hydrogen-bond acceptors (Lipinski definition) is 5. The first kappa shape index (κ1) is 11.6. The lowest BCUT2D eigenvalue weighted by molar-refractivity contribution is -0.131. The lowest BCUT2D eigenvalue weighted by Crippen LogP contribution is -1.93. The minimum atomic E-state index is -0.755. The van der Waals surface area contributed by atoms with Gasteiger partial charge in [0, 0.05) is 6.08 Å². The SMILES string of the molecule is COc1cc(C=CC(=O)OC#N)ccc1O. The number of methoxy groups -OCH3 is 1. The highest BCUT2D eigenvalue weighted by Crippen LogP contribution is 2.26. The van der Waals surface area contributed by atoms with Crippen LogP contribution < -0.4 is 4.74 Å². The van der Waals surface area contributed by atoms with Crippen molar-refractivity contribution in [2.45, 2.75) is 0 Å². The van der Waals surface area contributed by atoms with Crippen LogP contribution in [0.2, 0.25) is 0 Å². The van der Waals surface area contributed by atoms with Crippen molar-refractivity contribution in [3.8, 4) is 17.8 Å². The van der Waals surface area contributed by atoms with Crippen LogP contribution in [-0.4, -0.2) is 18.2 Å². The summed E-state index contributed by atoms with van der Waals surface area (Å²) in [4.78, 5) is 10.8. The van der Waals surface area contributed by atoms with Gasteiger partial charge in [-0.15, -0.1) is 5.26 Å². The number of nitriles is 1. The molecule has 0 amide bonds. The first-order valence-electron chi connectivity index (χ1n) is 4.32. The number of carbonyl (C=O) groups excluding carboxylic acids is 1. The van der Waals surface area contributed by atoms with Gasteiger partial charge in [0.05, 0.1) is 7.11 Å². The molecule has 0 spiro atoms. The summed E-state index contributed by atoms with van der Waals surface area (Å²) in [5.74, 6) is -0.440. The van der Waals surface area contributed by atoms with Crippen LogP contribution in [0.4, 0.5) is 0 Å². The Morgan fingerprint density at radius 1 is 1.56 bits per heavy atom.